The molecule has 4 aromatic rings. The molecule has 1 N–H and O–H groups in total. The van der Waals surface area contributed by atoms with Crippen molar-refractivity contribution >= 4 is 33.9 Å². The number of rotatable bonds is 7. The van der Waals surface area contributed by atoms with Gasteiger partial charge in [0.25, 0.3) is 5.91 Å². The molecule has 2 aromatic carbocycles. The topological polar surface area (TPSA) is 72.8 Å². The quantitative estimate of drug-likeness (QED) is 0.300. The zero-order valence-electron chi connectivity index (χ0n) is 18.1. The van der Waals surface area contributed by atoms with Crippen LogP contribution < -0.4 is 14.9 Å². The summed E-state index contributed by atoms with van der Waals surface area (Å²) in [5.74, 6) is 1.00. The molecule has 0 spiro atoms. The largest absolute Gasteiger partial charge is 0.497 e. The second-order valence-corrected chi connectivity index (χ2v) is 7.92. The number of nitrogens with zero attached hydrogens (tertiary/aromatic N) is 2. The van der Waals surface area contributed by atoms with Crippen LogP contribution in [0.3, 0.4) is 0 Å². The van der Waals surface area contributed by atoms with Crippen LogP contribution in [-0.2, 0) is 0 Å². The normalized spacial score (nSPS) is 11.4. The summed E-state index contributed by atoms with van der Waals surface area (Å²) in [5.41, 5.74) is 6.18. The van der Waals surface area contributed by atoms with Crippen LogP contribution in [0.5, 0.6) is 11.5 Å². The van der Waals surface area contributed by atoms with Crippen LogP contribution in [0.15, 0.2) is 71.1 Å². The summed E-state index contributed by atoms with van der Waals surface area (Å²) < 4.78 is 10.8. The van der Waals surface area contributed by atoms with Crippen LogP contribution in [0, 0.1) is 0 Å². The summed E-state index contributed by atoms with van der Waals surface area (Å²) in [4.78, 5) is 19.0. The number of carbonyl (C=O) groups is 1. The Morgan fingerprint density at radius 1 is 1.06 bits per heavy atom. The molecule has 32 heavy (non-hydrogen) atoms. The first-order valence-corrected chi connectivity index (χ1v) is 11.1. The number of hydrazone groups is 1. The lowest BCUT2D eigenvalue weighted by molar-refractivity contribution is 0.0956. The number of benzene rings is 2. The number of para-hydroxylation sites is 1. The van der Waals surface area contributed by atoms with E-state index in [1.54, 1.807) is 37.7 Å². The van der Waals surface area contributed by atoms with E-state index in [1.807, 2.05) is 60.8 Å². The van der Waals surface area contributed by atoms with E-state index in [1.165, 1.54) is 0 Å². The average molecular weight is 446 g/mol. The number of hydrogen-bond donors (Lipinski definition) is 1. The lowest BCUT2D eigenvalue weighted by Gasteiger charge is -2.13. The molecule has 4 rings (SSSR count). The van der Waals surface area contributed by atoms with E-state index in [9.17, 15) is 4.79 Å². The van der Waals surface area contributed by atoms with E-state index in [4.69, 9.17) is 14.5 Å². The fourth-order valence-corrected chi connectivity index (χ4v) is 4.23. The number of ether oxygens (including phenoxy) is 2. The second kappa shape index (κ2) is 9.62. The SMILES string of the molecule is CC/C(=N/NC(=O)c1cc(-c2ccc(OC)cc2OC)nc2ccccc12)c1cccs1. The molecule has 0 atom stereocenters. The van der Waals surface area contributed by atoms with Gasteiger partial charge in [0.1, 0.15) is 11.5 Å². The van der Waals surface area contributed by atoms with Crippen LogP contribution in [0.1, 0.15) is 28.6 Å². The van der Waals surface area contributed by atoms with Crippen LogP contribution in [0.4, 0.5) is 0 Å². The Kier molecular flexibility index (Phi) is 6.47. The number of amides is 1. The highest BCUT2D eigenvalue weighted by molar-refractivity contribution is 7.12. The first kappa shape index (κ1) is 21.5. The van der Waals surface area contributed by atoms with Gasteiger partial charge in [-0.1, -0.05) is 31.2 Å². The van der Waals surface area contributed by atoms with Crippen LogP contribution in [0.25, 0.3) is 22.2 Å². The molecule has 0 aliphatic rings. The maximum absolute atomic E-state index is 13.2. The fraction of sp³-hybridized carbons (Fsp3) is 0.160. The molecule has 7 heteroatoms. The first-order chi connectivity index (χ1) is 15.6. The fourth-order valence-electron chi connectivity index (χ4n) is 3.44. The third-order valence-corrected chi connectivity index (χ3v) is 6.00. The molecule has 0 aliphatic heterocycles. The summed E-state index contributed by atoms with van der Waals surface area (Å²) in [5, 5.41) is 7.14. The molecular formula is C25H23N3O3S. The summed E-state index contributed by atoms with van der Waals surface area (Å²) in [7, 11) is 3.20. The van der Waals surface area contributed by atoms with Gasteiger partial charge in [-0.05, 0) is 42.1 Å². The number of nitrogens with one attached hydrogen (secondary N) is 1. The molecule has 1 amide bonds. The van der Waals surface area contributed by atoms with Gasteiger partial charge < -0.3 is 9.47 Å². The van der Waals surface area contributed by atoms with Gasteiger partial charge in [0, 0.05) is 17.0 Å². The smallest absolute Gasteiger partial charge is 0.272 e. The van der Waals surface area contributed by atoms with Gasteiger partial charge in [-0.25, -0.2) is 10.4 Å². The molecule has 0 aliphatic carbocycles. The average Bonchev–Trinajstić information content (AvgIpc) is 3.38. The summed E-state index contributed by atoms with van der Waals surface area (Å²) >= 11 is 1.60. The zero-order valence-corrected chi connectivity index (χ0v) is 18.9. The van der Waals surface area contributed by atoms with Crippen LogP contribution in [-0.4, -0.2) is 30.8 Å². The zero-order chi connectivity index (χ0) is 22.5. The van der Waals surface area contributed by atoms with Gasteiger partial charge in [0.05, 0.1) is 41.6 Å². The van der Waals surface area contributed by atoms with E-state index >= 15 is 0 Å². The monoisotopic (exact) mass is 445 g/mol. The molecule has 0 bridgehead atoms. The van der Waals surface area contributed by atoms with Gasteiger partial charge in [-0.2, -0.15) is 5.10 Å². The van der Waals surface area contributed by atoms with E-state index in [-0.39, 0.29) is 5.91 Å². The van der Waals surface area contributed by atoms with Crippen molar-refractivity contribution in [3.05, 3.63) is 76.5 Å². The number of aromatic nitrogens is 1. The van der Waals surface area contributed by atoms with Crippen molar-refractivity contribution in [1.82, 2.24) is 10.4 Å². The Balaban J connectivity index is 1.77. The maximum atomic E-state index is 13.2. The van der Waals surface area contributed by atoms with Gasteiger partial charge in [0.15, 0.2) is 0 Å². The van der Waals surface area contributed by atoms with Crippen LogP contribution >= 0.6 is 11.3 Å². The molecule has 0 saturated heterocycles. The molecular weight excluding hydrogens is 422 g/mol. The Bertz CT molecular complexity index is 1280. The molecule has 2 aromatic heterocycles. The maximum Gasteiger partial charge on any atom is 0.272 e. The number of methoxy groups -OCH3 is 2. The van der Waals surface area contributed by atoms with E-state index in [2.05, 4.69) is 10.5 Å². The van der Waals surface area contributed by atoms with Crippen molar-refractivity contribution in [3.63, 3.8) is 0 Å². The molecule has 0 fully saturated rings. The number of hydrogen-bond acceptors (Lipinski definition) is 6. The van der Waals surface area contributed by atoms with E-state index in [0.29, 0.717) is 34.7 Å². The first-order valence-electron chi connectivity index (χ1n) is 10.2. The van der Waals surface area contributed by atoms with Crippen molar-refractivity contribution < 1.29 is 14.3 Å². The minimum atomic E-state index is -0.292. The molecule has 0 saturated carbocycles. The number of pyridine rings is 1. The lowest BCUT2D eigenvalue weighted by Crippen LogP contribution is -2.20. The Labute approximate surface area is 190 Å². The number of thiophene rings is 1. The number of fused-ring (bicyclic) bond motifs is 1. The molecule has 2 heterocycles. The third kappa shape index (κ3) is 4.33. The molecule has 0 unspecified atom stereocenters. The van der Waals surface area contributed by atoms with E-state index in [0.717, 1.165) is 21.5 Å². The number of carbonyl (C=O) groups excluding carboxylic acids is 1. The minimum absolute atomic E-state index is 0.292. The van der Waals surface area contributed by atoms with Gasteiger partial charge in [0.2, 0.25) is 0 Å². The Morgan fingerprint density at radius 2 is 1.91 bits per heavy atom. The Morgan fingerprint density at radius 3 is 2.62 bits per heavy atom. The molecule has 162 valence electrons. The standard InChI is InChI=1S/C25H23N3O3S/c1-4-20(24-10-7-13-32-24)27-28-25(29)19-15-22(26-21-9-6-5-8-17(19)21)18-12-11-16(30-2)14-23(18)31-3/h5-15H,4H2,1-3H3,(H,28,29)/b27-20-. The predicted molar refractivity (Wildman–Crippen MR) is 129 cm³/mol. The van der Waals surface area contributed by atoms with Crippen molar-refractivity contribution in [2.75, 3.05) is 14.2 Å². The summed E-state index contributed by atoms with van der Waals surface area (Å²) in [6.07, 6.45) is 0.714. The van der Waals surface area contributed by atoms with E-state index < -0.39 is 0 Å². The molecule has 6 nitrogen and oxygen atoms in total. The van der Waals surface area contributed by atoms with Crippen LogP contribution in [0.2, 0.25) is 0 Å². The third-order valence-electron chi connectivity index (χ3n) is 5.08. The predicted octanol–water partition coefficient (Wildman–Crippen LogP) is 5.52. The highest BCUT2D eigenvalue weighted by atomic mass is 32.1. The minimum Gasteiger partial charge on any atom is -0.497 e. The second-order valence-electron chi connectivity index (χ2n) is 6.97. The van der Waals surface area contributed by atoms with Crippen molar-refractivity contribution in [2.45, 2.75) is 13.3 Å². The van der Waals surface area contributed by atoms with Gasteiger partial charge in [-0.3, -0.25) is 4.79 Å². The molecule has 0 radical (unpaired) electrons. The summed E-state index contributed by atoms with van der Waals surface area (Å²) in [6.45, 7) is 2.01. The van der Waals surface area contributed by atoms with Gasteiger partial charge in [-0.15, -0.1) is 11.3 Å². The van der Waals surface area contributed by atoms with Crippen molar-refractivity contribution in [2.24, 2.45) is 5.10 Å². The summed E-state index contributed by atoms with van der Waals surface area (Å²) in [6, 6.07) is 18.8. The van der Waals surface area contributed by atoms with Crippen molar-refractivity contribution in [3.8, 4) is 22.8 Å². The highest BCUT2D eigenvalue weighted by Gasteiger charge is 2.16. The van der Waals surface area contributed by atoms with Crippen molar-refractivity contribution in [1.29, 1.82) is 0 Å². The highest BCUT2D eigenvalue weighted by Crippen LogP contribution is 2.34. The lowest BCUT2D eigenvalue weighted by atomic mass is 10.0. The Hall–Kier alpha value is -3.71. The van der Waals surface area contributed by atoms with Gasteiger partial charge >= 0.3 is 0 Å².